The van der Waals surface area contributed by atoms with Gasteiger partial charge >= 0.3 is 0 Å². The third-order valence-electron chi connectivity index (χ3n) is 7.82. The molecule has 2 heterocycles. The van der Waals surface area contributed by atoms with E-state index < -0.39 is 23.6 Å². The molecule has 0 unspecified atom stereocenters. The van der Waals surface area contributed by atoms with Crippen molar-refractivity contribution in [3.8, 4) is 10.6 Å². The Bertz CT molecular complexity index is 1270. The summed E-state index contributed by atoms with van der Waals surface area (Å²) >= 11 is 1.59. The van der Waals surface area contributed by atoms with Crippen LogP contribution in [-0.4, -0.2) is 117 Å². The molecule has 282 valence electrons. The molecule has 1 aromatic heterocycles. The first-order valence-corrected chi connectivity index (χ1v) is 18.3. The number of aliphatic hydroxyl groups is 1. The molecule has 3 rings (SSSR count). The van der Waals surface area contributed by atoms with Crippen molar-refractivity contribution in [1.29, 1.82) is 0 Å². The highest BCUT2D eigenvalue weighted by Crippen LogP contribution is 2.28. The standard InChI is InChI=1S/C26H36N4O4S.C10H23NO4/c1-7-21(32)29-22(26(4,5)6)25(34)30-13-19(31)12-20(30)23(33)28-16(3)17-8-10-18(11-9-17)24-27-15(2)14-35-24;1-2-12-5-6-14-9-10-15-8-7-13-4-3-11/h8-11,14,16,19-20,22,31H,7,12-13H2,1-6H3,(H,28,33)(H,29,32);2-11H2,1H3/t16-,19+,20-,22+;/m0./s1. The molecule has 0 aliphatic carbocycles. The molecule has 1 fully saturated rings. The molecule has 1 aliphatic rings. The molecule has 0 bridgehead atoms. The van der Waals surface area contributed by atoms with Gasteiger partial charge in [0.1, 0.15) is 17.1 Å². The van der Waals surface area contributed by atoms with Gasteiger partial charge in [-0.1, -0.05) is 52.0 Å². The van der Waals surface area contributed by atoms with Crippen LogP contribution in [0, 0.1) is 12.3 Å². The van der Waals surface area contributed by atoms with Crippen molar-refractivity contribution >= 4 is 29.1 Å². The lowest BCUT2D eigenvalue weighted by molar-refractivity contribution is -0.144. The quantitative estimate of drug-likeness (QED) is 0.158. The third kappa shape index (κ3) is 15.1. The van der Waals surface area contributed by atoms with Crippen LogP contribution in [0.3, 0.4) is 0 Å². The highest BCUT2D eigenvalue weighted by molar-refractivity contribution is 7.13. The fraction of sp³-hybridized carbons (Fsp3) is 0.667. The number of likely N-dealkylation sites (tertiary alicyclic amines) is 1. The van der Waals surface area contributed by atoms with Gasteiger partial charge in [-0.05, 0) is 31.7 Å². The Hall–Kier alpha value is -2.98. The van der Waals surface area contributed by atoms with Gasteiger partial charge in [0.2, 0.25) is 17.7 Å². The second-order valence-electron chi connectivity index (χ2n) is 13.1. The Balaban J connectivity index is 0.000000487. The normalized spacial score (nSPS) is 17.1. The first-order valence-electron chi connectivity index (χ1n) is 17.4. The monoisotopic (exact) mass is 721 g/mol. The van der Waals surface area contributed by atoms with E-state index >= 15 is 0 Å². The predicted molar refractivity (Wildman–Crippen MR) is 195 cm³/mol. The molecule has 1 aliphatic heterocycles. The number of nitrogens with two attached hydrogens (primary N) is 1. The number of aliphatic hydroxyl groups excluding tert-OH is 1. The number of rotatable bonds is 19. The maximum absolute atomic E-state index is 13.4. The fourth-order valence-corrected chi connectivity index (χ4v) is 5.87. The average molecular weight is 722 g/mol. The second kappa shape index (κ2) is 22.8. The zero-order chi connectivity index (χ0) is 37.1. The number of β-amino-alcohol motifs (C(OH)–C–C–N with tert-alkyl or cyclic N) is 1. The Morgan fingerprint density at radius 3 is 2.06 bits per heavy atom. The molecule has 50 heavy (non-hydrogen) atoms. The summed E-state index contributed by atoms with van der Waals surface area (Å²) in [6.45, 7) is 18.7. The molecule has 0 saturated carbocycles. The van der Waals surface area contributed by atoms with Gasteiger partial charge in [-0.25, -0.2) is 4.98 Å². The minimum absolute atomic E-state index is 0.0573. The van der Waals surface area contributed by atoms with E-state index in [0.717, 1.165) is 28.4 Å². The number of hydrogen-bond acceptors (Lipinski definition) is 11. The molecule has 1 aromatic carbocycles. The summed E-state index contributed by atoms with van der Waals surface area (Å²) in [7, 11) is 0. The van der Waals surface area contributed by atoms with Crippen LogP contribution < -0.4 is 16.4 Å². The number of thiazole rings is 1. The number of ether oxygens (including phenoxy) is 4. The summed E-state index contributed by atoms with van der Waals surface area (Å²) in [5.41, 5.74) is 7.62. The highest BCUT2D eigenvalue weighted by atomic mass is 32.1. The summed E-state index contributed by atoms with van der Waals surface area (Å²) in [5, 5.41) is 19.0. The smallest absolute Gasteiger partial charge is 0.246 e. The van der Waals surface area contributed by atoms with E-state index in [1.165, 1.54) is 4.90 Å². The van der Waals surface area contributed by atoms with Crippen LogP contribution in [0.15, 0.2) is 29.6 Å². The minimum Gasteiger partial charge on any atom is -0.391 e. The van der Waals surface area contributed by atoms with Gasteiger partial charge in [0.05, 0.1) is 58.4 Å². The zero-order valence-corrected chi connectivity index (χ0v) is 31.7. The van der Waals surface area contributed by atoms with E-state index in [4.69, 9.17) is 24.7 Å². The van der Waals surface area contributed by atoms with Gasteiger partial charge < -0.3 is 45.3 Å². The molecule has 5 N–H and O–H groups in total. The number of aryl methyl sites for hydroxylation is 1. The summed E-state index contributed by atoms with van der Waals surface area (Å²) in [4.78, 5) is 44.7. The lowest BCUT2D eigenvalue weighted by Gasteiger charge is -2.35. The number of nitrogens with one attached hydrogen (secondary N) is 2. The molecule has 14 heteroatoms. The largest absolute Gasteiger partial charge is 0.391 e. The Morgan fingerprint density at radius 1 is 0.980 bits per heavy atom. The van der Waals surface area contributed by atoms with E-state index in [1.54, 1.807) is 18.3 Å². The van der Waals surface area contributed by atoms with Crippen molar-refractivity contribution in [3.63, 3.8) is 0 Å². The molecule has 3 amide bonds. The van der Waals surface area contributed by atoms with Crippen LogP contribution in [0.2, 0.25) is 0 Å². The summed E-state index contributed by atoms with van der Waals surface area (Å²) in [6.07, 6.45) is -0.385. The Morgan fingerprint density at radius 2 is 1.56 bits per heavy atom. The van der Waals surface area contributed by atoms with Crippen molar-refractivity contribution in [1.82, 2.24) is 20.5 Å². The lowest BCUT2D eigenvalue weighted by atomic mass is 9.85. The molecular formula is C36H59N5O8S. The van der Waals surface area contributed by atoms with Crippen LogP contribution in [0.4, 0.5) is 0 Å². The summed E-state index contributed by atoms with van der Waals surface area (Å²) < 4.78 is 20.7. The Labute approximate surface area is 301 Å². The molecular weight excluding hydrogens is 662 g/mol. The number of benzene rings is 1. The van der Waals surface area contributed by atoms with Crippen LogP contribution in [0.1, 0.15) is 71.7 Å². The average Bonchev–Trinajstić information content (AvgIpc) is 3.71. The molecule has 13 nitrogen and oxygen atoms in total. The number of carbonyl (C=O) groups is 3. The fourth-order valence-electron chi connectivity index (χ4n) is 5.06. The maximum Gasteiger partial charge on any atom is 0.246 e. The lowest BCUT2D eigenvalue weighted by Crippen LogP contribution is -2.57. The van der Waals surface area contributed by atoms with Crippen molar-refractivity contribution < 1.29 is 38.4 Å². The predicted octanol–water partition coefficient (Wildman–Crippen LogP) is 3.23. The van der Waals surface area contributed by atoms with Crippen molar-refractivity contribution in [2.24, 2.45) is 11.1 Å². The van der Waals surface area contributed by atoms with Crippen molar-refractivity contribution in [3.05, 3.63) is 40.9 Å². The minimum atomic E-state index is -0.805. The van der Waals surface area contributed by atoms with E-state index in [2.05, 4.69) is 15.6 Å². The highest BCUT2D eigenvalue weighted by Gasteiger charge is 2.44. The number of aromatic nitrogens is 1. The molecule has 4 atom stereocenters. The summed E-state index contributed by atoms with van der Waals surface area (Å²) in [6, 6.07) is 5.99. The van der Waals surface area contributed by atoms with E-state index in [1.807, 2.05) is 71.2 Å². The third-order valence-corrected chi connectivity index (χ3v) is 8.83. The van der Waals surface area contributed by atoms with Gasteiger partial charge in [0.15, 0.2) is 0 Å². The van der Waals surface area contributed by atoms with Crippen LogP contribution in [-0.2, 0) is 33.3 Å². The maximum atomic E-state index is 13.4. The number of carbonyl (C=O) groups excluding carboxylic acids is 3. The SMILES string of the molecule is CCC(=O)N[C@H](C(=O)N1C[C@H](O)C[C@H]1C(=O)N[C@@H](C)c1ccc(-c2nc(C)cs2)cc1)C(C)(C)C.CCOCCOCCOCCOCCN. The van der Waals surface area contributed by atoms with Gasteiger partial charge in [-0.2, -0.15) is 0 Å². The molecule has 2 aromatic rings. The van der Waals surface area contributed by atoms with Gasteiger partial charge in [-0.3, -0.25) is 14.4 Å². The van der Waals surface area contributed by atoms with Crippen LogP contribution in [0.25, 0.3) is 10.6 Å². The topological polar surface area (TPSA) is 175 Å². The summed E-state index contributed by atoms with van der Waals surface area (Å²) in [5.74, 6) is -0.910. The molecule has 0 radical (unpaired) electrons. The first-order chi connectivity index (χ1) is 23.8. The van der Waals surface area contributed by atoms with Gasteiger partial charge in [0, 0.05) is 49.2 Å². The van der Waals surface area contributed by atoms with E-state index in [-0.39, 0.29) is 43.1 Å². The van der Waals surface area contributed by atoms with E-state index in [9.17, 15) is 19.5 Å². The van der Waals surface area contributed by atoms with Crippen molar-refractivity contribution in [2.45, 2.75) is 85.5 Å². The molecule has 1 saturated heterocycles. The van der Waals surface area contributed by atoms with E-state index in [0.29, 0.717) is 52.8 Å². The van der Waals surface area contributed by atoms with Crippen molar-refractivity contribution in [2.75, 3.05) is 65.9 Å². The first kappa shape index (κ1) is 43.2. The molecule has 0 spiro atoms. The van der Waals surface area contributed by atoms with Crippen LogP contribution in [0.5, 0.6) is 0 Å². The Kier molecular flexibility index (Phi) is 19.7. The van der Waals surface area contributed by atoms with Gasteiger partial charge in [-0.15, -0.1) is 11.3 Å². The number of hydrogen-bond donors (Lipinski definition) is 4. The number of amides is 3. The second-order valence-corrected chi connectivity index (χ2v) is 13.9. The van der Waals surface area contributed by atoms with Gasteiger partial charge in [0.25, 0.3) is 0 Å². The zero-order valence-electron chi connectivity index (χ0n) is 30.9. The van der Waals surface area contributed by atoms with Crippen LogP contribution >= 0.6 is 11.3 Å². The number of nitrogens with zero attached hydrogens (tertiary/aromatic N) is 2.